The first-order valence-electron chi connectivity index (χ1n) is 11.0. The van der Waals surface area contributed by atoms with Crippen molar-refractivity contribution in [2.24, 2.45) is 0 Å². The van der Waals surface area contributed by atoms with Crippen LogP contribution in [-0.4, -0.2) is 37.5 Å². The number of carboxylic acids is 1. The second kappa shape index (κ2) is 9.38. The summed E-state index contributed by atoms with van der Waals surface area (Å²) in [6.45, 7) is 0.0870. The topological polar surface area (TPSA) is 126 Å². The van der Waals surface area contributed by atoms with Crippen molar-refractivity contribution in [3.63, 3.8) is 0 Å². The molecule has 0 unspecified atom stereocenters. The zero-order chi connectivity index (χ0) is 25.4. The van der Waals surface area contributed by atoms with E-state index in [1.807, 2.05) is 0 Å². The molecular formula is C25H19ClFN5O4. The molecule has 2 aromatic carbocycles. The molecule has 1 aliphatic rings. The number of carbonyl (C=O) groups excluding carboxylic acids is 2. The summed E-state index contributed by atoms with van der Waals surface area (Å²) in [5, 5.41) is 19.0. The van der Waals surface area contributed by atoms with Crippen LogP contribution in [0.1, 0.15) is 60.5 Å². The molecule has 1 aliphatic carbocycles. The third kappa shape index (κ3) is 4.50. The van der Waals surface area contributed by atoms with Crippen molar-refractivity contribution in [3.8, 4) is 0 Å². The van der Waals surface area contributed by atoms with E-state index in [0.717, 1.165) is 11.1 Å². The SMILES string of the molecule is O=C(O)c1ccc2c(c1)CC[C@@H]2NC(=O)c1cc(C(=O)NCc2ccc(F)c(Cl)c2)nc2ccnn12. The van der Waals surface area contributed by atoms with Crippen LogP contribution in [0.2, 0.25) is 5.02 Å². The fraction of sp³-hybridized carbons (Fsp3) is 0.160. The Morgan fingerprint density at radius 2 is 1.94 bits per heavy atom. The summed E-state index contributed by atoms with van der Waals surface area (Å²) in [7, 11) is 0. The number of aromatic nitrogens is 3. The molecule has 36 heavy (non-hydrogen) atoms. The molecular weight excluding hydrogens is 489 g/mol. The molecule has 1 atom stereocenters. The lowest BCUT2D eigenvalue weighted by atomic mass is 10.0. The fourth-order valence-electron chi connectivity index (χ4n) is 4.25. The predicted octanol–water partition coefficient (Wildman–Crippen LogP) is 3.57. The van der Waals surface area contributed by atoms with Gasteiger partial charge in [-0.05, 0) is 53.8 Å². The van der Waals surface area contributed by atoms with E-state index in [-0.39, 0.29) is 34.6 Å². The molecule has 0 aliphatic heterocycles. The minimum atomic E-state index is -1.00. The second-order valence-corrected chi connectivity index (χ2v) is 8.75. The first kappa shape index (κ1) is 23.4. The molecule has 2 heterocycles. The van der Waals surface area contributed by atoms with Gasteiger partial charge in [0.25, 0.3) is 11.8 Å². The van der Waals surface area contributed by atoms with Crippen molar-refractivity contribution in [2.75, 3.05) is 0 Å². The Labute approximate surface area is 208 Å². The Balaban J connectivity index is 1.36. The molecule has 0 spiro atoms. The van der Waals surface area contributed by atoms with Gasteiger partial charge in [-0.2, -0.15) is 5.10 Å². The third-order valence-corrected chi connectivity index (χ3v) is 6.32. The highest BCUT2D eigenvalue weighted by Gasteiger charge is 2.27. The highest BCUT2D eigenvalue weighted by Crippen LogP contribution is 2.32. The van der Waals surface area contributed by atoms with Crippen molar-refractivity contribution < 1.29 is 23.9 Å². The van der Waals surface area contributed by atoms with E-state index < -0.39 is 23.6 Å². The van der Waals surface area contributed by atoms with E-state index in [1.165, 1.54) is 41.0 Å². The zero-order valence-corrected chi connectivity index (χ0v) is 19.4. The minimum Gasteiger partial charge on any atom is -0.478 e. The number of halogens is 2. The van der Waals surface area contributed by atoms with Crippen molar-refractivity contribution in [3.05, 3.63) is 99.2 Å². The van der Waals surface area contributed by atoms with Gasteiger partial charge in [0, 0.05) is 18.7 Å². The molecule has 0 radical (unpaired) electrons. The Bertz CT molecular complexity index is 1540. The van der Waals surface area contributed by atoms with Gasteiger partial charge in [-0.15, -0.1) is 0 Å². The lowest BCUT2D eigenvalue weighted by Gasteiger charge is -2.15. The standard InChI is InChI=1S/C25H19ClFN5O4/c26-17-9-13(1-5-18(17)27)12-28-23(33)20-11-21(32-22(30-20)7-8-29-32)24(34)31-19-6-3-14-10-15(25(35)36)2-4-16(14)19/h1-2,4-5,7-11,19H,3,6,12H2,(H,28,33)(H,31,34)(H,35,36)/t19-/m0/s1. The number of amides is 2. The van der Waals surface area contributed by atoms with Gasteiger partial charge in [0.05, 0.1) is 22.8 Å². The van der Waals surface area contributed by atoms with Gasteiger partial charge in [-0.1, -0.05) is 23.7 Å². The van der Waals surface area contributed by atoms with E-state index in [9.17, 15) is 23.9 Å². The molecule has 182 valence electrons. The number of fused-ring (bicyclic) bond motifs is 2. The van der Waals surface area contributed by atoms with E-state index in [2.05, 4.69) is 20.7 Å². The summed E-state index contributed by atoms with van der Waals surface area (Å²) in [4.78, 5) is 41.6. The van der Waals surface area contributed by atoms with Crippen LogP contribution in [0, 0.1) is 5.82 Å². The maximum Gasteiger partial charge on any atom is 0.335 e. The quantitative estimate of drug-likeness (QED) is 0.366. The lowest BCUT2D eigenvalue weighted by molar-refractivity contribution is 0.0696. The molecule has 9 nitrogen and oxygen atoms in total. The second-order valence-electron chi connectivity index (χ2n) is 8.34. The van der Waals surface area contributed by atoms with E-state index in [1.54, 1.807) is 18.2 Å². The predicted molar refractivity (Wildman–Crippen MR) is 127 cm³/mol. The largest absolute Gasteiger partial charge is 0.478 e. The number of aromatic carboxylic acids is 1. The number of aryl methyl sites for hydroxylation is 1. The molecule has 4 aromatic rings. The Morgan fingerprint density at radius 1 is 1.11 bits per heavy atom. The maximum atomic E-state index is 13.4. The Hall–Kier alpha value is -4.31. The highest BCUT2D eigenvalue weighted by atomic mass is 35.5. The van der Waals surface area contributed by atoms with Gasteiger partial charge in [-0.25, -0.2) is 18.7 Å². The average Bonchev–Trinajstić information content (AvgIpc) is 3.50. The molecule has 5 rings (SSSR count). The lowest BCUT2D eigenvalue weighted by Crippen LogP contribution is -2.30. The van der Waals surface area contributed by atoms with Gasteiger partial charge in [0.1, 0.15) is 17.2 Å². The number of nitrogens with zero attached hydrogens (tertiary/aromatic N) is 3. The molecule has 0 bridgehead atoms. The van der Waals surface area contributed by atoms with Crippen LogP contribution in [0.5, 0.6) is 0 Å². The molecule has 0 saturated carbocycles. The summed E-state index contributed by atoms with van der Waals surface area (Å²) < 4.78 is 14.7. The summed E-state index contributed by atoms with van der Waals surface area (Å²) in [5.41, 5.74) is 2.98. The molecule has 0 fully saturated rings. The third-order valence-electron chi connectivity index (χ3n) is 6.03. The number of hydrogen-bond donors (Lipinski definition) is 3. The normalized spacial score (nSPS) is 14.4. The van der Waals surface area contributed by atoms with Gasteiger partial charge in [0.2, 0.25) is 0 Å². The fourth-order valence-corrected chi connectivity index (χ4v) is 4.45. The van der Waals surface area contributed by atoms with E-state index in [0.29, 0.717) is 24.1 Å². The Kier molecular flexibility index (Phi) is 6.11. The summed E-state index contributed by atoms with van der Waals surface area (Å²) >= 11 is 5.80. The number of benzene rings is 2. The number of rotatable bonds is 6. The van der Waals surface area contributed by atoms with Crippen molar-refractivity contribution in [1.29, 1.82) is 0 Å². The van der Waals surface area contributed by atoms with Gasteiger partial charge in [0.15, 0.2) is 5.65 Å². The molecule has 2 aromatic heterocycles. The molecule has 11 heteroatoms. The van der Waals surface area contributed by atoms with Crippen LogP contribution in [0.4, 0.5) is 4.39 Å². The van der Waals surface area contributed by atoms with Gasteiger partial charge < -0.3 is 15.7 Å². The van der Waals surface area contributed by atoms with Gasteiger partial charge in [-0.3, -0.25) is 9.59 Å². The number of carbonyl (C=O) groups is 3. The van der Waals surface area contributed by atoms with Crippen molar-refractivity contribution in [1.82, 2.24) is 25.2 Å². The van der Waals surface area contributed by atoms with Crippen molar-refractivity contribution >= 4 is 35.0 Å². The summed E-state index contributed by atoms with van der Waals surface area (Å²) in [5.74, 6) is -2.54. The van der Waals surface area contributed by atoms with E-state index in [4.69, 9.17) is 11.6 Å². The summed E-state index contributed by atoms with van der Waals surface area (Å²) in [6, 6.07) is 11.6. The van der Waals surface area contributed by atoms with Crippen LogP contribution >= 0.6 is 11.6 Å². The zero-order valence-electron chi connectivity index (χ0n) is 18.7. The summed E-state index contributed by atoms with van der Waals surface area (Å²) in [6.07, 6.45) is 2.72. The molecule has 0 saturated heterocycles. The number of nitrogens with one attached hydrogen (secondary N) is 2. The van der Waals surface area contributed by atoms with Crippen LogP contribution in [0.3, 0.4) is 0 Å². The van der Waals surface area contributed by atoms with Crippen LogP contribution in [0.25, 0.3) is 5.65 Å². The first-order valence-corrected chi connectivity index (χ1v) is 11.4. The highest BCUT2D eigenvalue weighted by molar-refractivity contribution is 6.30. The van der Waals surface area contributed by atoms with Gasteiger partial charge >= 0.3 is 5.97 Å². The molecule has 2 amide bonds. The monoisotopic (exact) mass is 507 g/mol. The van der Waals surface area contributed by atoms with Crippen LogP contribution < -0.4 is 10.6 Å². The Morgan fingerprint density at radius 3 is 2.72 bits per heavy atom. The smallest absolute Gasteiger partial charge is 0.335 e. The average molecular weight is 508 g/mol. The molecule has 3 N–H and O–H groups in total. The van der Waals surface area contributed by atoms with Crippen molar-refractivity contribution in [2.45, 2.75) is 25.4 Å². The van der Waals surface area contributed by atoms with E-state index >= 15 is 0 Å². The first-order chi connectivity index (χ1) is 17.3. The number of carboxylic acid groups (broad SMARTS) is 1. The van der Waals surface area contributed by atoms with Crippen LogP contribution in [-0.2, 0) is 13.0 Å². The van der Waals surface area contributed by atoms with Crippen LogP contribution in [0.15, 0.2) is 54.7 Å². The number of hydrogen-bond acceptors (Lipinski definition) is 5. The maximum absolute atomic E-state index is 13.4. The minimum absolute atomic E-state index is 0.0132.